The largest absolute Gasteiger partial charge is 0.476 e. The molecule has 0 saturated carbocycles. The Hall–Kier alpha value is -1.98. The standard InChI is InChI=1S/C8H8N2O4/c1-5-3-6(4-11)7(10(12)13)8(9-5)14-2/h3-4H,1-2H3. The average Bonchev–Trinajstić information content (AvgIpc) is 2.15. The minimum absolute atomic E-state index is 0.0284. The van der Waals surface area contributed by atoms with Gasteiger partial charge >= 0.3 is 5.69 Å². The van der Waals surface area contributed by atoms with Gasteiger partial charge in [-0.1, -0.05) is 0 Å². The van der Waals surface area contributed by atoms with E-state index >= 15 is 0 Å². The first-order valence-electron chi connectivity index (χ1n) is 3.75. The summed E-state index contributed by atoms with van der Waals surface area (Å²) in [5, 5.41) is 10.6. The Kier molecular flexibility index (Phi) is 2.76. The second-order valence-electron chi connectivity index (χ2n) is 2.59. The molecule has 6 nitrogen and oxygen atoms in total. The molecule has 0 bridgehead atoms. The van der Waals surface area contributed by atoms with Gasteiger partial charge < -0.3 is 4.74 Å². The molecule has 0 atom stereocenters. The van der Waals surface area contributed by atoms with Gasteiger partial charge in [0.25, 0.3) is 5.88 Å². The summed E-state index contributed by atoms with van der Waals surface area (Å²) in [6.07, 6.45) is 0.412. The molecule has 1 aromatic rings. The number of nitro groups is 1. The Morgan fingerprint density at radius 2 is 2.29 bits per heavy atom. The third-order valence-corrected chi connectivity index (χ3v) is 1.62. The molecule has 0 radical (unpaired) electrons. The Morgan fingerprint density at radius 3 is 2.71 bits per heavy atom. The van der Waals surface area contributed by atoms with Crippen molar-refractivity contribution in [2.45, 2.75) is 6.92 Å². The zero-order valence-electron chi connectivity index (χ0n) is 7.68. The molecule has 0 amide bonds. The summed E-state index contributed by atoms with van der Waals surface area (Å²) in [5.41, 5.74) is 0.0713. The summed E-state index contributed by atoms with van der Waals surface area (Å²) in [6.45, 7) is 1.62. The molecule has 0 fully saturated rings. The molecule has 14 heavy (non-hydrogen) atoms. The van der Waals surface area contributed by atoms with Gasteiger partial charge in [-0.3, -0.25) is 14.9 Å². The van der Waals surface area contributed by atoms with Gasteiger partial charge in [-0.25, -0.2) is 4.98 Å². The van der Waals surface area contributed by atoms with Crippen molar-refractivity contribution in [1.29, 1.82) is 0 Å². The van der Waals surface area contributed by atoms with Gasteiger partial charge in [-0.05, 0) is 13.0 Å². The van der Waals surface area contributed by atoms with Crippen LogP contribution in [0.15, 0.2) is 6.07 Å². The molecule has 0 spiro atoms. The fourth-order valence-electron chi connectivity index (χ4n) is 1.08. The lowest BCUT2D eigenvalue weighted by Crippen LogP contribution is -2.01. The second-order valence-corrected chi connectivity index (χ2v) is 2.59. The topological polar surface area (TPSA) is 82.3 Å². The molecular formula is C8H8N2O4. The molecule has 0 aliphatic heterocycles. The number of aromatic nitrogens is 1. The zero-order chi connectivity index (χ0) is 10.7. The summed E-state index contributed by atoms with van der Waals surface area (Å²) in [7, 11) is 1.27. The maximum atomic E-state index is 10.6. The van der Waals surface area contributed by atoms with E-state index in [-0.39, 0.29) is 11.4 Å². The van der Waals surface area contributed by atoms with E-state index < -0.39 is 10.6 Å². The highest BCUT2D eigenvalue weighted by Gasteiger charge is 2.22. The third-order valence-electron chi connectivity index (χ3n) is 1.62. The van der Waals surface area contributed by atoms with Crippen LogP contribution in [0.25, 0.3) is 0 Å². The van der Waals surface area contributed by atoms with Crippen LogP contribution in [0.4, 0.5) is 5.69 Å². The highest BCUT2D eigenvalue weighted by atomic mass is 16.6. The molecule has 0 aromatic carbocycles. The number of methoxy groups -OCH3 is 1. The molecule has 1 aromatic heterocycles. The van der Waals surface area contributed by atoms with Gasteiger partial charge in [0.2, 0.25) is 0 Å². The highest BCUT2D eigenvalue weighted by Crippen LogP contribution is 2.27. The quantitative estimate of drug-likeness (QED) is 0.411. The van der Waals surface area contributed by atoms with Crippen molar-refractivity contribution in [1.82, 2.24) is 4.98 Å². The van der Waals surface area contributed by atoms with Crippen molar-refractivity contribution in [3.63, 3.8) is 0 Å². The number of hydrogen-bond donors (Lipinski definition) is 0. The number of rotatable bonds is 3. The van der Waals surface area contributed by atoms with Crippen LogP contribution in [-0.2, 0) is 0 Å². The van der Waals surface area contributed by atoms with E-state index in [1.807, 2.05) is 0 Å². The first kappa shape index (κ1) is 10.1. The summed E-state index contributed by atoms with van der Waals surface area (Å²) in [6, 6.07) is 1.34. The number of pyridine rings is 1. The fraction of sp³-hybridized carbons (Fsp3) is 0.250. The van der Waals surface area contributed by atoms with Gasteiger partial charge in [-0.2, -0.15) is 0 Å². The Labute approximate surface area is 79.7 Å². The van der Waals surface area contributed by atoms with Crippen molar-refractivity contribution in [3.8, 4) is 5.88 Å². The van der Waals surface area contributed by atoms with Crippen LogP contribution >= 0.6 is 0 Å². The lowest BCUT2D eigenvalue weighted by molar-refractivity contribution is -0.386. The van der Waals surface area contributed by atoms with Crippen LogP contribution in [0, 0.1) is 17.0 Å². The van der Waals surface area contributed by atoms with E-state index in [0.717, 1.165) is 0 Å². The zero-order valence-corrected chi connectivity index (χ0v) is 7.68. The number of carbonyl (C=O) groups is 1. The first-order chi connectivity index (χ1) is 6.60. The molecule has 1 rings (SSSR count). The van der Waals surface area contributed by atoms with Crippen molar-refractivity contribution < 1.29 is 14.5 Å². The van der Waals surface area contributed by atoms with Crippen LogP contribution in [-0.4, -0.2) is 23.3 Å². The summed E-state index contributed by atoms with van der Waals surface area (Å²) in [5.74, 6) is -0.142. The van der Waals surface area contributed by atoms with E-state index in [1.54, 1.807) is 6.92 Å². The lowest BCUT2D eigenvalue weighted by atomic mass is 10.2. The molecule has 0 unspecified atom stereocenters. The molecule has 0 aliphatic carbocycles. The molecule has 74 valence electrons. The lowest BCUT2D eigenvalue weighted by Gasteiger charge is -2.03. The number of aldehydes is 1. The molecule has 0 saturated heterocycles. The fourth-order valence-corrected chi connectivity index (χ4v) is 1.08. The van der Waals surface area contributed by atoms with Crippen molar-refractivity contribution in [3.05, 3.63) is 27.4 Å². The number of aryl methyl sites for hydroxylation is 1. The number of carbonyl (C=O) groups excluding carboxylic acids is 1. The third kappa shape index (κ3) is 1.68. The summed E-state index contributed by atoms with van der Waals surface area (Å²) in [4.78, 5) is 24.3. The molecular weight excluding hydrogens is 188 g/mol. The molecule has 0 N–H and O–H groups in total. The van der Waals surface area contributed by atoms with Crippen LogP contribution in [0.3, 0.4) is 0 Å². The molecule has 6 heteroatoms. The number of ether oxygens (including phenoxy) is 1. The predicted molar refractivity (Wildman–Crippen MR) is 47.6 cm³/mol. The van der Waals surface area contributed by atoms with E-state index in [4.69, 9.17) is 4.74 Å². The normalized spacial score (nSPS) is 9.57. The predicted octanol–water partition coefficient (Wildman–Crippen LogP) is 1.12. The van der Waals surface area contributed by atoms with E-state index in [1.165, 1.54) is 13.2 Å². The summed E-state index contributed by atoms with van der Waals surface area (Å²) >= 11 is 0. The average molecular weight is 196 g/mol. The van der Waals surface area contributed by atoms with E-state index in [0.29, 0.717) is 12.0 Å². The van der Waals surface area contributed by atoms with Gasteiger partial charge in [0.1, 0.15) is 0 Å². The molecule has 1 heterocycles. The second kappa shape index (κ2) is 3.82. The van der Waals surface area contributed by atoms with Gasteiger partial charge in [0.05, 0.1) is 17.6 Å². The van der Waals surface area contributed by atoms with Crippen LogP contribution in [0.1, 0.15) is 16.1 Å². The maximum Gasteiger partial charge on any atom is 0.341 e. The first-order valence-corrected chi connectivity index (χ1v) is 3.75. The van der Waals surface area contributed by atoms with Crippen LogP contribution < -0.4 is 4.74 Å². The van der Waals surface area contributed by atoms with E-state index in [9.17, 15) is 14.9 Å². The Balaban J connectivity index is 3.48. The molecule has 0 aliphatic rings. The van der Waals surface area contributed by atoms with Crippen molar-refractivity contribution in [2.75, 3.05) is 7.11 Å². The minimum atomic E-state index is -0.686. The van der Waals surface area contributed by atoms with Gasteiger partial charge in [0.15, 0.2) is 6.29 Å². The minimum Gasteiger partial charge on any atom is -0.476 e. The van der Waals surface area contributed by atoms with Crippen LogP contribution in [0.5, 0.6) is 5.88 Å². The number of nitrogens with zero attached hydrogens (tertiary/aromatic N) is 2. The van der Waals surface area contributed by atoms with Crippen molar-refractivity contribution in [2.24, 2.45) is 0 Å². The van der Waals surface area contributed by atoms with Crippen molar-refractivity contribution >= 4 is 12.0 Å². The smallest absolute Gasteiger partial charge is 0.341 e. The number of hydrogen-bond acceptors (Lipinski definition) is 5. The van der Waals surface area contributed by atoms with Crippen LogP contribution in [0.2, 0.25) is 0 Å². The Morgan fingerprint density at radius 1 is 1.64 bits per heavy atom. The monoisotopic (exact) mass is 196 g/mol. The Bertz CT molecular complexity index is 389. The van der Waals surface area contributed by atoms with Gasteiger partial charge in [-0.15, -0.1) is 0 Å². The summed E-state index contributed by atoms with van der Waals surface area (Å²) < 4.78 is 4.72. The SMILES string of the molecule is COc1nc(C)cc(C=O)c1[N+](=O)[O-]. The van der Waals surface area contributed by atoms with Gasteiger partial charge in [0, 0.05) is 5.69 Å². The highest BCUT2D eigenvalue weighted by molar-refractivity contribution is 5.83. The van der Waals surface area contributed by atoms with E-state index in [2.05, 4.69) is 4.98 Å². The maximum absolute atomic E-state index is 10.6.